The molecular weight excluding hydrogens is 692 g/mol. The van der Waals surface area contributed by atoms with Gasteiger partial charge in [0, 0.05) is 61.2 Å². The molecule has 14 nitrogen and oxygen atoms in total. The van der Waals surface area contributed by atoms with E-state index in [1.54, 1.807) is 14.2 Å². The molecule has 3 aromatic carbocycles. The molecule has 288 valence electrons. The first-order chi connectivity index (χ1) is 26.0. The van der Waals surface area contributed by atoms with Gasteiger partial charge in [-0.25, -0.2) is 0 Å². The van der Waals surface area contributed by atoms with E-state index in [9.17, 15) is 10.4 Å². The Kier molecular flexibility index (Phi) is 9.07. The summed E-state index contributed by atoms with van der Waals surface area (Å²) in [6, 6.07) is 4.31. The number of morpholine rings is 2. The Labute approximate surface area is 315 Å². The average molecular weight is 743 g/mol. The van der Waals surface area contributed by atoms with Crippen molar-refractivity contribution in [3.05, 3.63) is 67.8 Å². The molecule has 0 spiro atoms. The third kappa shape index (κ3) is 5.29. The maximum absolute atomic E-state index is 9.92. The Morgan fingerprint density at radius 3 is 1.70 bits per heavy atom. The summed E-state index contributed by atoms with van der Waals surface area (Å²) in [7, 11) is 3.42. The molecule has 0 saturated carbocycles. The largest absolute Gasteiger partial charge is 0.493 e. The molecule has 0 radical (unpaired) electrons. The van der Waals surface area contributed by atoms with E-state index in [1.807, 2.05) is 13.8 Å². The monoisotopic (exact) mass is 742 g/mol. The lowest BCUT2D eigenvalue weighted by Crippen LogP contribution is -2.49. The minimum Gasteiger partial charge on any atom is -0.493 e. The van der Waals surface area contributed by atoms with Crippen LogP contribution in [-0.4, -0.2) is 98.7 Å². The van der Waals surface area contributed by atoms with Crippen LogP contribution in [0.4, 0.5) is 0 Å². The van der Waals surface area contributed by atoms with Gasteiger partial charge >= 0.3 is 0 Å². The standard InChI is InChI=1S/C40H50N6O8/c1-21-22(2)30(38(42)44-48)36-35(29(21)37(41)43-47)53-28-18-26-32(24(34(28)54-36)20-46-11-15-52-16-12-46)39(3)7-8-40(26,4)31-23(19-45-9-13-51-14-10-45)33(50-6)27(49-5)17-25(31)39/h17-18,47-48H,7-16,19-20H2,1-6H3,(H2,41,43)(H2,42,44). The second-order valence-corrected chi connectivity index (χ2v) is 15.4. The molecule has 3 aromatic rings. The maximum atomic E-state index is 9.92. The average Bonchev–Trinajstić information content (AvgIpc) is 3.19. The van der Waals surface area contributed by atoms with E-state index < -0.39 is 10.8 Å². The molecule has 6 aliphatic rings. The van der Waals surface area contributed by atoms with E-state index in [1.165, 1.54) is 22.3 Å². The topological polar surface area (TPSA) is 179 Å². The fraction of sp³-hybridized carbons (Fsp3) is 0.500. The normalized spacial score (nSPS) is 23.8. The molecule has 0 amide bonds. The van der Waals surface area contributed by atoms with Crippen LogP contribution in [0.1, 0.15) is 82.3 Å². The predicted molar refractivity (Wildman–Crippen MR) is 201 cm³/mol. The van der Waals surface area contributed by atoms with Crippen LogP contribution in [0.5, 0.6) is 34.5 Å². The molecule has 2 saturated heterocycles. The molecule has 6 N–H and O–H groups in total. The molecule has 3 heterocycles. The highest BCUT2D eigenvalue weighted by atomic mass is 16.6. The number of hydrogen-bond donors (Lipinski definition) is 4. The fourth-order valence-corrected chi connectivity index (χ4v) is 9.70. The Morgan fingerprint density at radius 1 is 0.722 bits per heavy atom. The Balaban J connectivity index is 1.41. The van der Waals surface area contributed by atoms with Crippen LogP contribution in [-0.2, 0) is 33.4 Å². The van der Waals surface area contributed by atoms with Crippen LogP contribution in [0.3, 0.4) is 0 Å². The predicted octanol–water partition coefficient (Wildman–Crippen LogP) is 4.79. The summed E-state index contributed by atoms with van der Waals surface area (Å²) in [4.78, 5) is 4.82. The number of rotatable bonds is 8. The fourth-order valence-electron chi connectivity index (χ4n) is 9.70. The van der Waals surface area contributed by atoms with Gasteiger partial charge in [0.2, 0.25) is 0 Å². The first-order valence-electron chi connectivity index (χ1n) is 18.6. The van der Waals surface area contributed by atoms with Gasteiger partial charge in [0.15, 0.2) is 46.2 Å². The summed E-state index contributed by atoms with van der Waals surface area (Å²) in [5, 5.41) is 26.5. The molecule has 2 fully saturated rings. The van der Waals surface area contributed by atoms with E-state index in [0.717, 1.165) is 55.9 Å². The smallest absolute Gasteiger partial charge is 0.182 e. The molecule has 3 aliphatic carbocycles. The number of ether oxygens (including phenoxy) is 6. The second kappa shape index (κ2) is 13.5. The number of amidine groups is 2. The lowest BCUT2D eigenvalue weighted by Gasteiger charge is -2.55. The van der Waals surface area contributed by atoms with Crippen LogP contribution in [0, 0.1) is 13.8 Å². The number of methoxy groups -OCH3 is 2. The van der Waals surface area contributed by atoms with E-state index >= 15 is 0 Å². The van der Waals surface area contributed by atoms with Crippen molar-refractivity contribution in [2.24, 2.45) is 21.8 Å². The van der Waals surface area contributed by atoms with Crippen molar-refractivity contribution in [2.75, 3.05) is 66.8 Å². The van der Waals surface area contributed by atoms with E-state index in [4.69, 9.17) is 39.9 Å². The molecule has 2 atom stereocenters. The molecule has 2 bridgehead atoms. The summed E-state index contributed by atoms with van der Waals surface area (Å²) in [6.45, 7) is 15.4. The highest BCUT2D eigenvalue weighted by Gasteiger charge is 2.56. The van der Waals surface area contributed by atoms with E-state index in [2.05, 4.69) is 46.1 Å². The molecule has 54 heavy (non-hydrogen) atoms. The summed E-state index contributed by atoms with van der Waals surface area (Å²) in [5.74, 6) is 2.73. The van der Waals surface area contributed by atoms with Crippen LogP contribution in [0.25, 0.3) is 0 Å². The van der Waals surface area contributed by atoms with Gasteiger partial charge in [0.05, 0.1) is 51.8 Å². The summed E-state index contributed by atoms with van der Waals surface area (Å²) >= 11 is 0. The number of benzene rings is 3. The third-order valence-corrected chi connectivity index (χ3v) is 12.6. The van der Waals surface area contributed by atoms with Gasteiger partial charge in [0.25, 0.3) is 0 Å². The van der Waals surface area contributed by atoms with Gasteiger partial charge in [-0.3, -0.25) is 9.80 Å². The zero-order valence-electron chi connectivity index (χ0n) is 31.9. The molecule has 9 rings (SSSR count). The van der Waals surface area contributed by atoms with Gasteiger partial charge in [-0.15, -0.1) is 0 Å². The lowest BCUT2D eigenvalue weighted by molar-refractivity contribution is 0.0331. The number of nitrogens with two attached hydrogens (primary N) is 2. The summed E-state index contributed by atoms with van der Waals surface area (Å²) in [5.41, 5.74) is 20.8. The Bertz CT molecular complexity index is 2090. The maximum Gasteiger partial charge on any atom is 0.182 e. The van der Waals surface area contributed by atoms with Gasteiger partial charge in [-0.2, -0.15) is 0 Å². The molecular formula is C40H50N6O8. The van der Waals surface area contributed by atoms with Crippen LogP contribution in [0.15, 0.2) is 22.4 Å². The van der Waals surface area contributed by atoms with E-state index in [-0.39, 0.29) is 23.2 Å². The highest BCUT2D eigenvalue weighted by Crippen LogP contribution is 2.66. The summed E-state index contributed by atoms with van der Waals surface area (Å²) in [6.07, 6.45) is 1.81. The van der Waals surface area contributed by atoms with Gasteiger partial charge in [-0.1, -0.05) is 24.2 Å². The zero-order valence-corrected chi connectivity index (χ0v) is 31.9. The zero-order chi connectivity index (χ0) is 38.1. The third-order valence-electron chi connectivity index (χ3n) is 12.6. The lowest BCUT2D eigenvalue weighted by atomic mass is 9.48. The first kappa shape index (κ1) is 36.2. The second-order valence-electron chi connectivity index (χ2n) is 15.4. The molecule has 14 heteroatoms. The SMILES string of the molecule is COc1cc2c(c(CN3CCOCC3)c1OC)C1(C)CCC2(C)c2c1cc1c(c2CN2CCOCC2)Oc2c(c(/C(N)=N/O)c(C)c(C)c2/C(N)=N/O)O1. The van der Waals surface area contributed by atoms with Crippen molar-refractivity contribution >= 4 is 11.7 Å². The van der Waals surface area contributed by atoms with Crippen molar-refractivity contribution < 1.29 is 38.8 Å². The van der Waals surface area contributed by atoms with Gasteiger partial charge < -0.3 is 50.3 Å². The number of nitrogens with zero attached hydrogens (tertiary/aromatic N) is 4. The Hall–Kier alpha value is -4.76. The van der Waals surface area contributed by atoms with Crippen molar-refractivity contribution in [1.29, 1.82) is 0 Å². The number of oxime groups is 2. The molecule has 0 aromatic heterocycles. The van der Waals surface area contributed by atoms with Gasteiger partial charge in [0.1, 0.15) is 0 Å². The van der Waals surface area contributed by atoms with Crippen LogP contribution < -0.4 is 30.4 Å². The number of hydrogen-bond acceptors (Lipinski definition) is 12. The summed E-state index contributed by atoms with van der Waals surface area (Å²) < 4.78 is 37.7. The van der Waals surface area contributed by atoms with Crippen molar-refractivity contribution in [3.8, 4) is 34.5 Å². The highest BCUT2D eigenvalue weighted by molar-refractivity contribution is 6.08. The van der Waals surface area contributed by atoms with Crippen molar-refractivity contribution in [2.45, 2.75) is 64.5 Å². The first-order valence-corrected chi connectivity index (χ1v) is 18.6. The minimum atomic E-state index is -0.432. The Morgan fingerprint density at radius 2 is 1.20 bits per heavy atom. The van der Waals surface area contributed by atoms with Crippen LogP contribution >= 0.6 is 0 Å². The van der Waals surface area contributed by atoms with Crippen molar-refractivity contribution in [1.82, 2.24) is 9.80 Å². The number of fused-ring (bicyclic) bond motifs is 3. The molecule has 2 unspecified atom stereocenters. The minimum absolute atomic E-state index is 0.140. The van der Waals surface area contributed by atoms with Crippen LogP contribution in [0.2, 0.25) is 0 Å². The van der Waals surface area contributed by atoms with Gasteiger partial charge in [-0.05, 0) is 72.2 Å². The van der Waals surface area contributed by atoms with E-state index in [0.29, 0.717) is 79.0 Å². The quantitative estimate of drug-likeness (QED) is 0.0841. The molecule has 3 aliphatic heterocycles. The van der Waals surface area contributed by atoms with Crippen molar-refractivity contribution in [3.63, 3.8) is 0 Å².